The Morgan fingerprint density at radius 3 is 2.48 bits per heavy atom. The molecule has 3 atom stereocenters. The topological polar surface area (TPSA) is 82.2 Å². The molecule has 3 rings (SSSR count). The summed E-state index contributed by atoms with van der Waals surface area (Å²) in [6.07, 6.45) is -2.94. The highest BCUT2D eigenvalue weighted by Crippen LogP contribution is 2.37. The number of halogens is 3. The second-order valence-electron chi connectivity index (χ2n) is 7.52. The number of benzene rings is 1. The van der Waals surface area contributed by atoms with E-state index in [0.29, 0.717) is 18.9 Å². The summed E-state index contributed by atoms with van der Waals surface area (Å²) < 4.78 is 40.7. The lowest BCUT2D eigenvalue weighted by Crippen LogP contribution is -2.58. The van der Waals surface area contributed by atoms with Crippen molar-refractivity contribution in [1.29, 1.82) is 5.26 Å². The molecule has 0 bridgehead atoms. The maximum absolute atomic E-state index is 13.0. The Hall–Kier alpha value is -2.86. The van der Waals surface area contributed by atoms with E-state index in [9.17, 15) is 23.1 Å². The van der Waals surface area contributed by atoms with Gasteiger partial charge in [0.2, 0.25) is 5.60 Å². The predicted octanol–water partition coefficient (Wildman–Crippen LogP) is 3.01. The SMILES string of the molecule is C[C@@H]1CN(C(=O)[C@@](C)(O)C(F)(F)F)CC[C@@H]1c1ccnn1-c1ccc(C#N)cc1. The van der Waals surface area contributed by atoms with Crippen LogP contribution in [-0.2, 0) is 4.79 Å². The number of nitrogens with zero attached hydrogens (tertiary/aromatic N) is 4. The average molecular weight is 406 g/mol. The highest BCUT2D eigenvalue weighted by molar-refractivity contribution is 5.85. The third-order valence-corrected chi connectivity index (χ3v) is 5.45. The second kappa shape index (κ2) is 7.52. The van der Waals surface area contributed by atoms with Crippen molar-refractivity contribution in [2.75, 3.05) is 13.1 Å². The minimum Gasteiger partial charge on any atom is -0.373 e. The molecule has 1 aliphatic rings. The van der Waals surface area contributed by atoms with Crippen molar-refractivity contribution in [2.45, 2.75) is 38.0 Å². The van der Waals surface area contributed by atoms with Gasteiger partial charge in [0.25, 0.3) is 5.91 Å². The smallest absolute Gasteiger partial charge is 0.373 e. The summed E-state index contributed by atoms with van der Waals surface area (Å²) in [6, 6.07) is 10.8. The van der Waals surface area contributed by atoms with Gasteiger partial charge >= 0.3 is 6.18 Å². The highest BCUT2D eigenvalue weighted by atomic mass is 19.4. The summed E-state index contributed by atoms with van der Waals surface area (Å²) in [6.45, 7) is 2.57. The molecule has 1 aliphatic heterocycles. The van der Waals surface area contributed by atoms with Crippen molar-refractivity contribution in [3.8, 4) is 11.8 Å². The lowest BCUT2D eigenvalue weighted by molar-refractivity contribution is -0.250. The third kappa shape index (κ3) is 3.85. The van der Waals surface area contributed by atoms with Gasteiger partial charge in [0, 0.05) is 30.9 Å². The van der Waals surface area contributed by atoms with E-state index in [1.165, 1.54) is 0 Å². The number of amides is 1. The molecule has 0 aliphatic carbocycles. The molecule has 29 heavy (non-hydrogen) atoms. The molecular formula is C20H21F3N4O2. The van der Waals surface area contributed by atoms with Gasteiger partial charge in [-0.2, -0.15) is 23.5 Å². The zero-order chi connectivity index (χ0) is 21.4. The molecule has 0 saturated carbocycles. The summed E-state index contributed by atoms with van der Waals surface area (Å²) in [5.41, 5.74) is -1.21. The molecule has 2 heterocycles. The maximum Gasteiger partial charge on any atom is 0.426 e. The van der Waals surface area contributed by atoms with E-state index >= 15 is 0 Å². The van der Waals surface area contributed by atoms with Crippen LogP contribution in [0.3, 0.4) is 0 Å². The van der Waals surface area contributed by atoms with Crippen LogP contribution >= 0.6 is 0 Å². The number of nitriles is 1. The second-order valence-corrected chi connectivity index (χ2v) is 7.52. The van der Waals surface area contributed by atoms with E-state index in [2.05, 4.69) is 11.2 Å². The Morgan fingerprint density at radius 2 is 1.93 bits per heavy atom. The first-order chi connectivity index (χ1) is 13.6. The number of hydrogen-bond acceptors (Lipinski definition) is 4. The lowest BCUT2D eigenvalue weighted by Gasteiger charge is -2.40. The number of likely N-dealkylation sites (tertiary alicyclic amines) is 1. The molecule has 0 spiro atoms. The molecule has 1 amide bonds. The van der Waals surface area contributed by atoms with E-state index < -0.39 is 17.7 Å². The normalized spacial score (nSPS) is 22.0. The molecule has 0 unspecified atom stereocenters. The first-order valence-electron chi connectivity index (χ1n) is 9.19. The zero-order valence-electron chi connectivity index (χ0n) is 16.0. The summed E-state index contributed by atoms with van der Waals surface area (Å²) in [7, 11) is 0. The largest absolute Gasteiger partial charge is 0.426 e. The van der Waals surface area contributed by atoms with E-state index in [0.717, 1.165) is 16.3 Å². The van der Waals surface area contributed by atoms with E-state index in [1.54, 1.807) is 35.1 Å². The van der Waals surface area contributed by atoms with Crippen LogP contribution in [0.5, 0.6) is 0 Å². The van der Waals surface area contributed by atoms with Crippen molar-refractivity contribution in [3.63, 3.8) is 0 Å². The van der Waals surface area contributed by atoms with Crippen LogP contribution in [0.2, 0.25) is 0 Å². The fourth-order valence-corrected chi connectivity index (χ4v) is 3.69. The number of piperidine rings is 1. The number of carbonyl (C=O) groups excluding carboxylic acids is 1. The van der Waals surface area contributed by atoms with Crippen LogP contribution in [-0.4, -0.2) is 50.6 Å². The zero-order valence-corrected chi connectivity index (χ0v) is 16.0. The first kappa shape index (κ1) is 20.9. The molecule has 154 valence electrons. The molecule has 6 nitrogen and oxygen atoms in total. The number of alkyl halides is 3. The van der Waals surface area contributed by atoms with Crippen molar-refractivity contribution >= 4 is 5.91 Å². The van der Waals surface area contributed by atoms with Crippen LogP contribution in [0.25, 0.3) is 5.69 Å². The predicted molar refractivity (Wildman–Crippen MR) is 98.1 cm³/mol. The number of rotatable bonds is 3. The van der Waals surface area contributed by atoms with Crippen LogP contribution in [0.1, 0.15) is 37.4 Å². The lowest BCUT2D eigenvalue weighted by atomic mass is 9.83. The Morgan fingerprint density at radius 1 is 1.28 bits per heavy atom. The molecule has 1 N–H and O–H groups in total. The van der Waals surface area contributed by atoms with Crippen molar-refractivity contribution in [1.82, 2.24) is 14.7 Å². The number of aliphatic hydroxyl groups is 1. The van der Waals surface area contributed by atoms with Gasteiger partial charge in [-0.3, -0.25) is 4.79 Å². The van der Waals surface area contributed by atoms with E-state index in [-0.39, 0.29) is 24.9 Å². The van der Waals surface area contributed by atoms with Crippen molar-refractivity contribution < 1.29 is 23.1 Å². The third-order valence-electron chi connectivity index (χ3n) is 5.45. The Balaban J connectivity index is 1.79. The minimum atomic E-state index is -5.03. The van der Waals surface area contributed by atoms with E-state index in [4.69, 9.17) is 5.26 Å². The van der Waals surface area contributed by atoms with Gasteiger partial charge in [0.15, 0.2) is 0 Å². The Kier molecular flexibility index (Phi) is 5.41. The fraction of sp³-hybridized carbons (Fsp3) is 0.450. The van der Waals surface area contributed by atoms with Crippen LogP contribution in [0.15, 0.2) is 36.5 Å². The summed E-state index contributed by atoms with van der Waals surface area (Å²) >= 11 is 0. The molecular weight excluding hydrogens is 385 g/mol. The summed E-state index contributed by atoms with van der Waals surface area (Å²) in [5, 5.41) is 23.0. The molecule has 1 fully saturated rings. The number of carbonyl (C=O) groups is 1. The van der Waals surface area contributed by atoms with Crippen molar-refractivity contribution in [3.05, 3.63) is 47.8 Å². The van der Waals surface area contributed by atoms with Crippen LogP contribution in [0, 0.1) is 17.2 Å². The Labute approximate surface area is 166 Å². The molecule has 0 radical (unpaired) electrons. The van der Waals surface area contributed by atoms with Gasteiger partial charge in [0.1, 0.15) is 0 Å². The maximum atomic E-state index is 13.0. The van der Waals surface area contributed by atoms with Gasteiger partial charge in [0.05, 0.1) is 17.3 Å². The molecule has 9 heteroatoms. The van der Waals surface area contributed by atoms with Gasteiger partial charge in [-0.1, -0.05) is 6.92 Å². The molecule has 1 aromatic carbocycles. The molecule has 2 aromatic rings. The molecule has 1 aromatic heterocycles. The van der Waals surface area contributed by atoms with Crippen molar-refractivity contribution in [2.24, 2.45) is 5.92 Å². The van der Waals surface area contributed by atoms with Gasteiger partial charge in [-0.15, -0.1) is 0 Å². The Bertz CT molecular complexity index is 928. The number of aromatic nitrogens is 2. The average Bonchev–Trinajstić information content (AvgIpc) is 3.16. The first-order valence-corrected chi connectivity index (χ1v) is 9.19. The van der Waals surface area contributed by atoms with Crippen LogP contribution in [0.4, 0.5) is 13.2 Å². The summed E-state index contributed by atoms with van der Waals surface area (Å²) in [5.74, 6) is -1.48. The van der Waals surface area contributed by atoms with Crippen LogP contribution < -0.4 is 0 Å². The van der Waals surface area contributed by atoms with Gasteiger partial charge in [-0.05, 0) is 49.6 Å². The standard InChI is InChI=1S/C20H21F3N4O2/c1-13-12-26(18(28)19(2,29)20(21,22)23)10-8-16(13)17-7-9-25-27(17)15-5-3-14(11-24)4-6-15/h3-7,9,13,16,29H,8,10,12H2,1-2H3/t13-,16+,19-/m1/s1. The highest BCUT2D eigenvalue weighted by Gasteiger charge is 2.57. The molecule has 1 saturated heterocycles. The quantitative estimate of drug-likeness (QED) is 0.850. The monoisotopic (exact) mass is 406 g/mol. The van der Waals surface area contributed by atoms with Gasteiger partial charge in [-0.25, -0.2) is 4.68 Å². The van der Waals surface area contributed by atoms with E-state index in [1.807, 2.05) is 13.0 Å². The number of hydrogen-bond donors (Lipinski definition) is 1. The minimum absolute atomic E-state index is 0.0203. The van der Waals surface area contributed by atoms with Gasteiger partial charge < -0.3 is 10.0 Å². The fourth-order valence-electron chi connectivity index (χ4n) is 3.69. The summed E-state index contributed by atoms with van der Waals surface area (Å²) in [4.78, 5) is 13.3.